The number of hydrogen-bond donors (Lipinski definition) is 0. The second-order valence-electron chi connectivity index (χ2n) is 6.31. The van der Waals surface area contributed by atoms with Crippen molar-refractivity contribution in [1.82, 2.24) is 19.4 Å². The van der Waals surface area contributed by atoms with E-state index in [1.807, 2.05) is 18.2 Å². The van der Waals surface area contributed by atoms with Crippen LogP contribution < -0.4 is 4.74 Å². The predicted molar refractivity (Wildman–Crippen MR) is 102 cm³/mol. The van der Waals surface area contributed by atoms with Gasteiger partial charge in [-0.1, -0.05) is 17.3 Å². The lowest BCUT2D eigenvalue weighted by Gasteiger charge is -2.31. The van der Waals surface area contributed by atoms with E-state index in [0.29, 0.717) is 29.6 Å². The van der Waals surface area contributed by atoms with Crippen LogP contribution >= 0.6 is 15.9 Å². The summed E-state index contributed by atoms with van der Waals surface area (Å²) in [5, 5.41) is 4.65. The third-order valence-corrected chi connectivity index (χ3v) is 6.54. The molecule has 142 valence electrons. The summed E-state index contributed by atoms with van der Waals surface area (Å²) in [5.41, 5.74) is 1.000. The number of benzene rings is 1. The van der Waals surface area contributed by atoms with Gasteiger partial charge in [0.25, 0.3) is 0 Å². The SMILES string of the molecule is O=S(=O)(Cc1noc2ccccc12)N1CCCC(Oc2ncc(Br)cn2)C1. The summed E-state index contributed by atoms with van der Waals surface area (Å²) in [7, 11) is -3.55. The van der Waals surface area contributed by atoms with Gasteiger partial charge in [-0.2, -0.15) is 4.31 Å². The average Bonchev–Trinajstić information content (AvgIpc) is 3.06. The number of fused-ring (bicyclic) bond motifs is 1. The molecule has 8 nitrogen and oxygen atoms in total. The van der Waals surface area contributed by atoms with Gasteiger partial charge in [-0.3, -0.25) is 0 Å². The van der Waals surface area contributed by atoms with E-state index in [9.17, 15) is 8.42 Å². The number of nitrogens with zero attached hydrogens (tertiary/aromatic N) is 4. The van der Waals surface area contributed by atoms with Crippen LogP contribution in [0.4, 0.5) is 0 Å². The number of para-hydroxylation sites is 1. The maximum absolute atomic E-state index is 12.9. The molecule has 1 fully saturated rings. The molecule has 4 rings (SSSR count). The summed E-state index contributed by atoms with van der Waals surface area (Å²) in [6.07, 6.45) is 4.35. The Bertz CT molecular complexity index is 1040. The van der Waals surface area contributed by atoms with Crippen molar-refractivity contribution in [3.63, 3.8) is 0 Å². The summed E-state index contributed by atoms with van der Waals surface area (Å²) in [5.74, 6) is -0.203. The summed E-state index contributed by atoms with van der Waals surface area (Å²) < 4.78 is 39.0. The highest BCUT2D eigenvalue weighted by molar-refractivity contribution is 9.10. The van der Waals surface area contributed by atoms with E-state index in [-0.39, 0.29) is 24.4 Å². The van der Waals surface area contributed by atoms with Crippen molar-refractivity contribution in [1.29, 1.82) is 0 Å². The highest BCUT2D eigenvalue weighted by atomic mass is 79.9. The van der Waals surface area contributed by atoms with E-state index in [0.717, 1.165) is 10.9 Å². The minimum Gasteiger partial charge on any atom is -0.459 e. The fourth-order valence-corrected chi connectivity index (χ4v) is 4.81. The Morgan fingerprint density at radius 3 is 2.85 bits per heavy atom. The molecular weight excluding hydrogens is 436 g/mol. The van der Waals surface area contributed by atoms with Crippen molar-refractivity contribution in [3.8, 4) is 6.01 Å². The molecule has 1 atom stereocenters. The highest BCUT2D eigenvalue weighted by Gasteiger charge is 2.31. The van der Waals surface area contributed by atoms with Crippen molar-refractivity contribution in [2.24, 2.45) is 0 Å². The van der Waals surface area contributed by atoms with Crippen LogP contribution in [0, 0.1) is 0 Å². The summed E-state index contributed by atoms with van der Waals surface area (Å²) in [6, 6.07) is 7.47. The first-order chi connectivity index (χ1) is 13.0. The van der Waals surface area contributed by atoms with Crippen LogP contribution in [-0.4, -0.2) is 47.0 Å². The van der Waals surface area contributed by atoms with Crippen LogP contribution in [0.3, 0.4) is 0 Å². The van der Waals surface area contributed by atoms with Crippen molar-refractivity contribution in [3.05, 3.63) is 46.8 Å². The molecule has 0 radical (unpaired) electrons. The van der Waals surface area contributed by atoms with Crippen LogP contribution in [0.1, 0.15) is 18.5 Å². The fraction of sp³-hybridized carbons (Fsp3) is 0.353. The molecule has 0 aliphatic carbocycles. The molecule has 1 aliphatic rings. The van der Waals surface area contributed by atoms with Gasteiger partial charge in [0.15, 0.2) is 5.58 Å². The summed E-state index contributed by atoms with van der Waals surface area (Å²) in [4.78, 5) is 8.17. The smallest absolute Gasteiger partial charge is 0.316 e. The first-order valence-electron chi connectivity index (χ1n) is 8.46. The molecule has 0 N–H and O–H groups in total. The lowest BCUT2D eigenvalue weighted by atomic mass is 10.1. The second-order valence-corrected chi connectivity index (χ2v) is 9.19. The molecule has 27 heavy (non-hydrogen) atoms. The van der Waals surface area contributed by atoms with Crippen LogP contribution in [0.25, 0.3) is 11.0 Å². The topological polar surface area (TPSA) is 98.4 Å². The minimum atomic E-state index is -3.55. The van der Waals surface area contributed by atoms with E-state index in [2.05, 4.69) is 31.1 Å². The summed E-state index contributed by atoms with van der Waals surface area (Å²) >= 11 is 3.27. The maximum Gasteiger partial charge on any atom is 0.316 e. The lowest BCUT2D eigenvalue weighted by molar-refractivity contribution is 0.119. The normalized spacial score (nSPS) is 18.6. The van der Waals surface area contributed by atoms with Gasteiger partial charge < -0.3 is 9.26 Å². The van der Waals surface area contributed by atoms with Gasteiger partial charge in [0, 0.05) is 24.3 Å². The number of rotatable bonds is 5. The third-order valence-electron chi connectivity index (χ3n) is 4.37. The van der Waals surface area contributed by atoms with E-state index in [4.69, 9.17) is 9.26 Å². The molecule has 1 unspecified atom stereocenters. The van der Waals surface area contributed by atoms with Crippen LogP contribution in [0.2, 0.25) is 0 Å². The molecule has 10 heteroatoms. The minimum absolute atomic E-state index is 0.203. The first kappa shape index (κ1) is 18.3. The highest BCUT2D eigenvalue weighted by Crippen LogP contribution is 2.24. The van der Waals surface area contributed by atoms with E-state index < -0.39 is 10.0 Å². The van der Waals surface area contributed by atoms with Gasteiger partial charge in [-0.25, -0.2) is 18.4 Å². The Morgan fingerprint density at radius 2 is 2.04 bits per heavy atom. The Morgan fingerprint density at radius 1 is 1.26 bits per heavy atom. The Kier molecular flexibility index (Phi) is 5.11. The number of ether oxygens (including phenoxy) is 1. The number of piperidine rings is 1. The quantitative estimate of drug-likeness (QED) is 0.586. The summed E-state index contributed by atoms with van der Waals surface area (Å²) in [6.45, 7) is 0.719. The van der Waals surface area contributed by atoms with Gasteiger partial charge >= 0.3 is 6.01 Å². The van der Waals surface area contributed by atoms with Gasteiger partial charge in [0.2, 0.25) is 10.0 Å². The largest absolute Gasteiger partial charge is 0.459 e. The van der Waals surface area contributed by atoms with Gasteiger partial charge in [0.1, 0.15) is 17.6 Å². The molecule has 1 aliphatic heterocycles. The van der Waals surface area contributed by atoms with Crippen molar-refractivity contribution in [2.75, 3.05) is 13.1 Å². The predicted octanol–water partition coefficient (Wildman–Crippen LogP) is 2.75. The molecule has 3 heterocycles. The van der Waals surface area contributed by atoms with E-state index in [1.165, 1.54) is 4.31 Å². The molecule has 0 amide bonds. The molecule has 0 spiro atoms. The molecule has 3 aromatic rings. The fourth-order valence-electron chi connectivity index (χ4n) is 3.07. The second kappa shape index (κ2) is 7.53. The Hall–Kier alpha value is -2.04. The third kappa shape index (κ3) is 4.12. The Labute approximate surface area is 164 Å². The van der Waals surface area contributed by atoms with Crippen LogP contribution in [0.5, 0.6) is 6.01 Å². The zero-order chi connectivity index (χ0) is 18.9. The van der Waals surface area contributed by atoms with Crippen LogP contribution in [-0.2, 0) is 15.8 Å². The number of sulfonamides is 1. The number of hydrogen-bond acceptors (Lipinski definition) is 7. The molecule has 1 saturated heterocycles. The van der Waals surface area contributed by atoms with Crippen molar-refractivity contribution >= 4 is 36.9 Å². The average molecular weight is 453 g/mol. The zero-order valence-corrected chi connectivity index (χ0v) is 16.7. The molecule has 2 aromatic heterocycles. The van der Waals surface area contributed by atoms with Gasteiger partial charge in [-0.15, -0.1) is 0 Å². The Balaban J connectivity index is 1.47. The molecule has 1 aromatic carbocycles. The zero-order valence-electron chi connectivity index (χ0n) is 14.3. The van der Waals surface area contributed by atoms with Gasteiger partial charge in [-0.05, 0) is 40.9 Å². The molecule has 0 saturated carbocycles. The van der Waals surface area contributed by atoms with Crippen molar-refractivity contribution < 1.29 is 17.7 Å². The van der Waals surface area contributed by atoms with Crippen molar-refractivity contribution in [2.45, 2.75) is 24.7 Å². The van der Waals surface area contributed by atoms with E-state index in [1.54, 1.807) is 18.5 Å². The number of aromatic nitrogens is 3. The maximum atomic E-state index is 12.9. The van der Waals surface area contributed by atoms with Crippen LogP contribution in [0.15, 0.2) is 45.7 Å². The monoisotopic (exact) mass is 452 g/mol. The van der Waals surface area contributed by atoms with Gasteiger partial charge in [0.05, 0.1) is 11.0 Å². The molecular formula is C17H17BrN4O4S. The first-order valence-corrected chi connectivity index (χ1v) is 10.9. The van der Waals surface area contributed by atoms with E-state index >= 15 is 0 Å². The standard InChI is InChI=1S/C17H17BrN4O4S/c18-12-8-19-17(20-9-12)25-13-4-3-7-22(10-13)27(23,24)11-15-14-5-1-2-6-16(14)26-21-15/h1-2,5-6,8-9,13H,3-4,7,10-11H2. The molecule has 0 bridgehead atoms. The number of halogens is 1. The lowest BCUT2D eigenvalue weighted by Crippen LogP contribution is -2.44.